The van der Waals surface area contributed by atoms with Gasteiger partial charge >= 0.3 is 0 Å². The topological polar surface area (TPSA) is 53.4 Å². The summed E-state index contributed by atoms with van der Waals surface area (Å²) >= 11 is 0. The Morgan fingerprint density at radius 3 is 2.34 bits per heavy atom. The van der Waals surface area contributed by atoms with E-state index in [0.717, 1.165) is 68.4 Å². The van der Waals surface area contributed by atoms with Crippen LogP contribution in [0.15, 0.2) is 48.5 Å². The third-order valence-electron chi connectivity index (χ3n) is 6.10. The summed E-state index contributed by atoms with van der Waals surface area (Å²) in [6.07, 6.45) is 0.531. The third kappa shape index (κ3) is 5.56. The van der Waals surface area contributed by atoms with Crippen molar-refractivity contribution in [3.63, 3.8) is 0 Å². The molecule has 1 N–H and O–H groups in total. The summed E-state index contributed by atoms with van der Waals surface area (Å²) in [7, 11) is 0. The highest BCUT2D eigenvalue weighted by molar-refractivity contribution is 5.93. The second-order valence-electron chi connectivity index (χ2n) is 9.16. The first-order chi connectivity index (χ1) is 15.5. The smallest absolute Gasteiger partial charge is 0.224 e. The summed E-state index contributed by atoms with van der Waals surface area (Å²) < 4.78 is 2.30. The Hall–Kier alpha value is -2.70. The molecule has 0 spiro atoms. The quantitative estimate of drug-likeness (QED) is 0.574. The van der Waals surface area contributed by atoms with E-state index in [-0.39, 0.29) is 5.91 Å². The number of aryl methyl sites for hydroxylation is 1. The number of nitrogens with zero attached hydrogens (tertiary/aromatic N) is 4. The number of fused-ring (bicyclic) bond motifs is 1. The largest absolute Gasteiger partial charge is 0.327 e. The molecule has 0 aliphatic carbocycles. The number of imidazole rings is 1. The maximum absolute atomic E-state index is 12.1. The fraction of sp³-hybridized carbons (Fsp3) is 0.462. The number of piperazine rings is 1. The van der Waals surface area contributed by atoms with Crippen molar-refractivity contribution in [3.8, 4) is 0 Å². The molecule has 2 heterocycles. The van der Waals surface area contributed by atoms with Crippen molar-refractivity contribution in [1.82, 2.24) is 19.4 Å². The minimum absolute atomic E-state index is 0.0582. The molecule has 1 saturated heterocycles. The number of benzene rings is 2. The Balaban J connectivity index is 1.40. The summed E-state index contributed by atoms with van der Waals surface area (Å²) in [5.74, 6) is 1.50. The zero-order chi connectivity index (χ0) is 22.5. The molecule has 1 aliphatic heterocycles. The van der Waals surface area contributed by atoms with Crippen LogP contribution in [0.3, 0.4) is 0 Å². The molecule has 2 aromatic carbocycles. The lowest BCUT2D eigenvalue weighted by Gasteiger charge is -2.34. The molecule has 0 atom stereocenters. The number of carbonyl (C=O) groups is 1. The van der Waals surface area contributed by atoms with Crippen LogP contribution in [0.2, 0.25) is 0 Å². The zero-order valence-corrected chi connectivity index (χ0v) is 19.6. The molecule has 1 fully saturated rings. The highest BCUT2D eigenvalue weighted by Gasteiger charge is 2.20. The van der Waals surface area contributed by atoms with Gasteiger partial charge in [0.1, 0.15) is 5.82 Å². The first-order valence-electron chi connectivity index (χ1n) is 11.8. The van der Waals surface area contributed by atoms with Gasteiger partial charge in [-0.1, -0.05) is 44.2 Å². The molecule has 0 radical (unpaired) electrons. The van der Waals surface area contributed by atoms with Gasteiger partial charge in [-0.25, -0.2) is 4.98 Å². The molecule has 0 saturated carbocycles. The molecular weight excluding hydrogens is 398 g/mol. The maximum atomic E-state index is 12.1. The maximum Gasteiger partial charge on any atom is 0.224 e. The second kappa shape index (κ2) is 10.3. The first kappa shape index (κ1) is 22.5. The third-order valence-corrected chi connectivity index (χ3v) is 6.10. The summed E-state index contributed by atoms with van der Waals surface area (Å²) in [6, 6.07) is 16.8. The highest BCUT2D eigenvalue weighted by atomic mass is 16.1. The van der Waals surface area contributed by atoms with Gasteiger partial charge in [0, 0.05) is 51.4 Å². The van der Waals surface area contributed by atoms with Crippen LogP contribution >= 0.6 is 0 Å². The predicted octanol–water partition coefficient (Wildman–Crippen LogP) is 4.36. The second-order valence-corrected chi connectivity index (χ2v) is 9.16. The van der Waals surface area contributed by atoms with E-state index in [0.29, 0.717) is 12.3 Å². The number of rotatable bonds is 8. The van der Waals surface area contributed by atoms with Crippen LogP contribution < -0.4 is 5.32 Å². The molecule has 6 nitrogen and oxygen atoms in total. The van der Waals surface area contributed by atoms with Crippen LogP contribution in [0.25, 0.3) is 11.0 Å². The standard InChI is InChI=1S/C26H35N5O/c1-4-31-24-11-10-22(27-26(32)16-20(2)3)17-23(24)28-25(31)19-30-14-12-29(13-15-30)18-21-8-6-5-7-9-21/h5-11,17,20H,4,12-16,18-19H2,1-3H3,(H,27,32). The van der Waals surface area contributed by atoms with E-state index in [2.05, 4.69) is 76.9 Å². The van der Waals surface area contributed by atoms with Crippen LogP contribution in [-0.2, 0) is 24.4 Å². The fourth-order valence-electron chi connectivity index (χ4n) is 4.46. The molecule has 32 heavy (non-hydrogen) atoms. The van der Waals surface area contributed by atoms with Gasteiger partial charge in [-0.05, 0) is 36.6 Å². The molecule has 6 heteroatoms. The molecule has 170 valence electrons. The lowest BCUT2D eigenvalue weighted by Crippen LogP contribution is -2.45. The van der Waals surface area contributed by atoms with Crippen molar-refractivity contribution < 1.29 is 4.79 Å². The number of amides is 1. The molecule has 1 amide bonds. The van der Waals surface area contributed by atoms with Gasteiger partial charge in [0.2, 0.25) is 5.91 Å². The van der Waals surface area contributed by atoms with Crippen molar-refractivity contribution in [2.45, 2.75) is 46.8 Å². The minimum Gasteiger partial charge on any atom is -0.327 e. The summed E-state index contributed by atoms with van der Waals surface area (Å²) in [6.45, 7) is 13.3. The van der Waals surface area contributed by atoms with Crippen molar-refractivity contribution in [1.29, 1.82) is 0 Å². The molecule has 1 aromatic heterocycles. The van der Waals surface area contributed by atoms with E-state index in [1.807, 2.05) is 12.1 Å². The van der Waals surface area contributed by atoms with Gasteiger partial charge in [0.25, 0.3) is 0 Å². The number of hydrogen-bond donors (Lipinski definition) is 1. The zero-order valence-electron chi connectivity index (χ0n) is 19.6. The lowest BCUT2D eigenvalue weighted by atomic mass is 10.1. The van der Waals surface area contributed by atoms with E-state index in [9.17, 15) is 4.79 Å². The van der Waals surface area contributed by atoms with Gasteiger partial charge in [0.15, 0.2) is 0 Å². The summed E-state index contributed by atoms with van der Waals surface area (Å²) in [4.78, 5) is 22.1. The molecule has 1 aliphatic rings. The van der Waals surface area contributed by atoms with Crippen LogP contribution in [0, 0.1) is 5.92 Å². The van der Waals surface area contributed by atoms with E-state index < -0.39 is 0 Å². The van der Waals surface area contributed by atoms with E-state index in [1.54, 1.807) is 0 Å². The average Bonchev–Trinajstić information content (AvgIpc) is 3.11. The highest BCUT2D eigenvalue weighted by Crippen LogP contribution is 2.22. The monoisotopic (exact) mass is 433 g/mol. The van der Waals surface area contributed by atoms with Crippen molar-refractivity contribution >= 4 is 22.6 Å². The molecule has 4 rings (SSSR count). The first-order valence-corrected chi connectivity index (χ1v) is 11.8. The van der Waals surface area contributed by atoms with Gasteiger partial charge in [-0.3, -0.25) is 14.6 Å². The molecule has 0 unspecified atom stereocenters. The van der Waals surface area contributed by atoms with E-state index in [4.69, 9.17) is 4.98 Å². The van der Waals surface area contributed by atoms with Crippen molar-refractivity contribution in [2.75, 3.05) is 31.5 Å². The average molecular weight is 434 g/mol. The number of hydrogen-bond acceptors (Lipinski definition) is 4. The Labute approximate surface area is 191 Å². The molecular formula is C26H35N5O. The van der Waals surface area contributed by atoms with Crippen molar-refractivity contribution in [2.24, 2.45) is 5.92 Å². The molecule has 3 aromatic rings. The van der Waals surface area contributed by atoms with Crippen LogP contribution in [-0.4, -0.2) is 51.4 Å². The summed E-state index contributed by atoms with van der Waals surface area (Å²) in [5.41, 5.74) is 4.29. The van der Waals surface area contributed by atoms with Crippen molar-refractivity contribution in [3.05, 3.63) is 59.9 Å². The van der Waals surface area contributed by atoms with Crippen LogP contribution in [0.1, 0.15) is 38.6 Å². The Morgan fingerprint density at radius 2 is 1.69 bits per heavy atom. The lowest BCUT2D eigenvalue weighted by molar-refractivity contribution is -0.116. The number of carbonyl (C=O) groups excluding carboxylic acids is 1. The summed E-state index contributed by atoms with van der Waals surface area (Å²) in [5, 5.41) is 3.01. The number of nitrogens with one attached hydrogen (secondary N) is 1. The van der Waals surface area contributed by atoms with E-state index in [1.165, 1.54) is 5.56 Å². The normalized spacial score (nSPS) is 15.5. The van der Waals surface area contributed by atoms with E-state index >= 15 is 0 Å². The number of anilines is 1. The molecule has 0 bridgehead atoms. The van der Waals surface area contributed by atoms with Gasteiger partial charge in [0.05, 0.1) is 17.6 Å². The SMILES string of the molecule is CCn1c(CN2CCN(Cc3ccccc3)CC2)nc2cc(NC(=O)CC(C)C)ccc21. The Bertz CT molecular complexity index is 1040. The van der Waals surface area contributed by atoms with Gasteiger partial charge in [-0.2, -0.15) is 0 Å². The van der Waals surface area contributed by atoms with Gasteiger partial charge in [-0.15, -0.1) is 0 Å². The fourth-order valence-corrected chi connectivity index (χ4v) is 4.46. The Kier molecular flexibility index (Phi) is 7.22. The predicted molar refractivity (Wildman–Crippen MR) is 130 cm³/mol. The van der Waals surface area contributed by atoms with Gasteiger partial charge < -0.3 is 9.88 Å². The number of aromatic nitrogens is 2. The Morgan fingerprint density at radius 1 is 1.00 bits per heavy atom. The minimum atomic E-state index is 0.0582. The van der Waals surface area contributed by atoms with Crippen LogP contribution in [0.4, 0.5) is 5.69 Å². The van der Waals surface area contributed by atoms with Crippen LogP contribution in [0.5, 0.6) is 0 Å².